The minimum Gasteiger partial charge on any atom is -0.497 e. The zero-order valence-electron chi connectivity index (χ0n) is 20.8. The van der Waals surface area contributed by atoms with E-state index >= 15 is 0 Å². The second-order valence-electron chi connectivity index (χ2n) is 8.59. The molecule has 6 nitrogen and oxygen atoms in total. The molecule has 11 heteroatoms. The first-order valence-electron chi connectivity index (χ1n) is 11.5. The molecule has 4 aromatic rings. The van der Waals surface area contributed by atoms with E-state index in [0.717, 1.165) is 21.3 Å². The number of amides is 1. The van der Waals surface area contributed by atoms with Crippen LogP contribution in [0.15, 0.2) is 53.9 Å². The lowest BCUT2D eigenvalue weighted by Crippen LogP contribution is -2.38. The van der Waals surface area contributed by atoms with Gasteiger partial charge in [0, 0.05) is 17.4 Å². The number of rotatable bonds is 9. The van der Waals surface area contributed by atoms with Crippen molar-refractivity contribution in [1.82, 2.24) is 15.3 Å². The number of hydrogen-bond donors (Lipinski definition) is 1. The molecule has 1 atom stereocenters. The maximum atomic E-state index is 13.7. The zero-order chi connectivity index (χ0) is 27.4. The van der Waals surface area contributed by atoms with Crippen molar-refractivity contribution in [2.24, 2.45) is 0 Å². The summed E-state index contributed by atoms with van der Waals surface area (Å²) in [6.07, 6.45) is -4.64. The monoisotopic (exact) mass is 559 g/mol. The summed E-state index contributed by atoms with van der Waals surface area (Å²) in [5.41, 5.74) is 1.99. The summed E-state index contributed by atoms with van der Waals surface area (Å²) in [4.78, 5) is 35.7. The van der Waals surface area contributed by atoms with Gasteiger partial charge < -0.3 is 10.1 Å². The van der Waals surface area contributed by atoms with Crippen molar-refractivity contribution in [3.63, 3.8) is 0 Å². The predicted octanol–water partition coefficient (Wildman–Crippen LogP) is 6.28. The van der Waals surface area contributed by atoms with Gasteiger partial charge in [-0.05, 0) is 43.2 Å². The molecule has 4 rings (SSSR count). The molecular formula is C27H24F3N3O3S2. The van der Waals surface area contributed by atoms with Gasteiger partial charge in [0.2, 0.25) is 0 Å². The van der Waals surface area contributed by atoms with E-state index in [1.54, 1.807) is 23.5 Å². The molecule has 1 unspecified atom stereocenters. The Balaban J connectivity index is 1.49. The number of ketones is 1. The summed E-state index contributed by atoms with van der Waals surface area (Å²) in [6.45, 7) is 3.84. The topological polar surface area (TPSA) is 81.2 Å². The smallest absolute Gasteiger partial charge is 0.412 e. The SMILES string of the molecule is COc1cc(CC(=O)Cc2nc(-c3sc(C)nc3C)cs2)cc(C(=O)NC(c2ccccc2)C(F)(F)F)c1. The van der Waals surface area contributed by atoms with Crippen molar-refractivity contribution in [3.8, 4) is 16.3 Å². The highest BCUT2D eigenvalue weighted by atomic mass is 32.1. The molecule has 2 aromatic carbocycles. The van der Waals surface area contributed by atoms with Crippen molar-refractivity contribution < 1.29 is 27.5 Å². The van der Waals surface area contributed by atoms with Crippen molar-refractivity contribution in [2.45, 2.75) is 38.9 Å². The van der Waals surface area contributed by atoms with E-state index in [1.165, 1.54) is 54.8 Å². The van der Waals surface area contributed by atoms with Gasteiger partial charge >= 0.3 is 6.18 Å². The molecule has 1 N–H and O–H groups in total. The van der Waals surface area contributed by atoms with Crippen molar-refractivity contribution in [1.29, 1.82) is 0 Å². The molecule has 1 amide bonds. The molecule has 2 heterocycles. The quantitative estimate of drug-likeness (QED) is 0.261. The molecule has 38 heavy (non-hydrogen) atoms. The highest BCUT2D eigenvalue weighted by Gasteiger charge is 2.42. The standard InChI is InChI=1S/C27H24F3N3O3S2/c1-15-24(38-16(2)31-15)22-14-37-23(32-22)13-20(34)10-17-9-19(12-21(11-17)36-3)26(35)33-25(27(28,29)30)18-7-5-4-6-8-18/h4-9,11-12,14,25H,10,13H2,1-3H3,(H,33,35). The molecule has 0 radical (unpaired) electrons. The lowest BCUT2D eigenvalue weighted by atomic mass is 10.0. The molecule has 0 fully saturated rings. The summed E-state index contributed by atoms with van der Waals surface area (Å²) in [5.74, 6) is -0.819. The van der Waals surface area contributed by atoms with Crippen LogP contribution in [0, 0.1) is 13.8 Å². The highest BCUT2D eigenvalue weighted by molar-refractivity contribution is 7.16. The van der Waals surface area contributed by atoms with Crippen LogP contribution in [0.25, 0.3) is 10.6 Å². The number of alkyl halides is 3. The number of halogens is 3. The Bertz CT molecular complexity index is 1450. The van der Waals surface area contributed by atoms with Crippen LogP contribution in [-0.2, 0) is 17.6 Å². The lowest BCUT2D eigenvalue weighted by molar-refractivity contribution is -0.155. The minimum atomic E-state index is -4.70. The molecule has 198 valence electrons. The first-order valence-corrected chi connectivity index (χ1v) is 13.2. The Hall–Kier alpha value is -3.57. The normalized spacial score (nSPS) is 12.3. The molecule has 0 saturated heterocycles. The molecule has 0 aliphatic heterocycles. The average molecular weight is 560 g/mol. The van der Waals surface area contributed by atoms with E-state index in [1.807, 2.05) is 19.2 Å². The van der Waals surface area contributed by atoms with Crippen molar-refractivity contribution in [2.75, 3.05) is 7.11 Å². The fourth-order valence-corrected chi connectivity index (χ4v) is 5.72. The Labute approximate surface area is 225 Å². The zero-order valence-corrected chi connectivity index (χ0v) is 22.4. The van der Waals surface area contributed by atoms with E-state index in [4.69, 9.17) is 4.74 Å². The van der Waals surface area contributed by atoms with Crippen molar-refractivity contribution >= 4 is 34.4 Å². The first kappa shape index (κ1) is 27.5. The molecule has 0 bridgehead atoms. The van der Waals surface area contributed by atoms with Gasteiger partial charge in [-0.3, -0.25) is 9.59 Å². The number of nitrogens with zero attached hydrogens (tertiary/aromatic N) is 2. The third-order valence-electron chi connectivity index (χ3n) is 5.64. The van der Waals surface area contributed by atoms with Gasteiger partial charge in [0.15, 0.2) is 6.04 Å². The number of methoxy groups -OCH3 is 1. The van der Waals surface area contributed by atoms with E-state index in [9.17, 15) is 22.8 Å². The van der Waals surface area contributed by atoms with Crippen LogP contribution in [0.2, 0.25) is 0 Å². The second-order valence-corrected chi connectivity index (χ2v) is 10.7. The van der Waals surface area contributed by atoms with Crippen LogP contribution in [0.3, 0.4) is 0 Å². The van der Waals surface area contributed by atoms with Crippen LogP contribution < -0.4 is 10.1 Å². The van der Waals surface area contributed by atoms with E-state index in [-0.39, 0.29) is 35.5 Å². The number of nitrogens with one attached hydrogen (secondary N) is 1. The van der Waals surface area contributed by atoms with Crippen LogP contribution in [0.5, 0.6) is 5.75 Å². The Kier molecular flexibility index (Phi) is 8.27. The summed E-state index contributed by atoms with van der Waals surface area (Å²) in [7, 11) is 1.38. The van der Waals surface area contributed by atoms with Gasteiger partial charge in [0.1, 0.15) is 16.5 Å². The summed E-state index contributed by atoms with van der Waals surface area (Å²) in [6, 6.07) is 9.30. The number of Topliss-reactive ketones (excluding diaryl/α,β-unsaturated/α-hetero) is 1. The van der Waals surface area contributed by atoms with Gasteiger partial charge in [0.25, 0.3) is 5.91 Å². The molecule has 0 saturated carbocycles. The fourth-order valence-electron chi connectivity index (χ4n) is 3.95. The molecular weight excluding hydrogens is 535 g/mol. The Morgan fingerprint density at radius 3 is 2.42 bits per heavy atom. The van der Waals surface area contributed by atoms with Gasteiger partial charge in [-0.2, -0.15) is 13.2 Å². The van der Waals surface area contributed by atoms with Gasteiger partial charge in [-0.25, -0.2) is 9.97 Å². The summed E-state index contributed by atoms with van der Waals surface area (Å²) >= 11 is 2.92. The third-order valence-corrected chi connectivity index (χ3v) is 7.58. The van der Waals surface area contributed by atoms with Crippen LogP contribution in [0.4, 0.5) is 13.2 Å². The number of carbonyl (C=O) groups excluding carboxylic acids is 2. The minimum absolute atomic E-state index is 0.0352. The summed E-state index contributed by atoms with van der Waals surface area (Å²) < 4.78 is 46.4. The van der Waals surface area contributed by atoms with E-state index in [0.29, 0.717) is 10.6 Å². The third kappa shape index (κ3) is 6.65. The first-order chi connectivity index (χ1) is 18.0. The van der Waals surface area contributed by atoms with Gasteiger partial charge in [-0.1, -0.05) is 30.3 Å². The van der Waals surface area contributed by atoms with Crippen LogP contribution in [0.1, 0.15) is 43.2 Å². The number of hydrogen-bond acceptors (Lipinski definition) is 7. The molecule has 2 aromatic heterocycles. The number of thiazole rings is 2. The number of ether oxygens (including phenoxy) is 1. The maximum absolute atomic E-state index is 13.7. The number of aryl methyl sites for hydroxylation is 2. The Morgan fingerprint density at radius 2 is 1.79 bits per heavy atom. The highest BCUT2D eigenvalue weighted by Crippen LogP contribution is 2.33. The van der Waals surface area contributed by atoms with Crippen molar-refractivity contribution in [3.05, 3.63) is 86.3 Å². The van der Waals surface area contributed by atoms with Gasteiger partial charge in [-0.15, -0.1) is 22.7 Å². The second kappa shape index (κ2) is 11.4. The van der Waals surface area contributed by atoms with E-state index < -0.39 is 18.1 Å². The number of benzene rings is 2. The largest absolute Gasteiger partial charge is 0.497 e. The molecule has 0 aliphatic carbocycles. The maximum Gasteiger partial charge on any atom is 0.412 e. The molecule has 0 aliphatic rings. The fraction of sp³-hybridized carbons (Fsp3) is 0.259. The lowest BCUT2D eigenvalue weighted by Gasteiger charge is -2.22. The average Bonchev–Trinajstić information content (AvgIpc) is 3.46. The predicted molar refractivity (Wildman–Crippen MR) is 141 cm³/mol. The summed E-state index contributed by atoms with van der Waals surface area (Å²) in [5, 5.41) is 5.54. The Morgan fingerprint density at radius 1 is 1.05 bits per heavy atom. The van der Waals surface area contributed by atoms with Crippen LogP contribution in [-0.4, -0.2) is 34.9 Å². The van der Waals surface area contributed by atoms with Gasteiger partial charge in [0.05, 0.1) is 34.8 Å². The van der Waals surface area contributed by atoms with Crippen LogP contribution >= 0.6 is 22.7 Å². The number of aromatic nitrogens is 2. The molecule has 0 spiro atoms. The number of carbonyl (C=O) groups is 2. The van der Waals surface area contributed by atoms with E-state index in [2.05, 4.69) is 15.3 Å².